The minimum atomic E-state index is -0.848. The summed E-state index contributed by atoms with van der Waals surface area (Å²) in [5.74, 6) is -0.848. The highest BCUT2D eigenvalue weighted by molar-refractivity contribution is 6.42. The molecule has 2 aromatic carbocycles. The lowest BCUT2D eigenvalue weighted by Gasteiger charge is -2.03. The van der Waals surface area contributed by atoms with E-state index in [9.17, 15) is 4.79 Å². The Morgan fingerprint density at radius 2 is 1.69 bits per heavy atom. The number of carboxylic acid groups (broad SMARTS) is 1. The smallest absolute Gasteiger partial charge is 0.307 e. The number of rotatable bonds is 2. The van der Waals surface area contributed by atoms with Gasteiger partial charge in [0.1, 0.15) is 0 Å². The molecule has 0 aliphatic rings. The zero-order valence-electron chi connectivity index (χ0n) is 8.21. The zero-order valence-corrected chi connectivity index (χ0v) is 9.72. The van der Waals surface area contributed by atoms with Crippen LogP contribution in [0.25, 0.3) is 10.8 Å². The molecule has 1 N–H and O–H groups in total. The van der Waals surface area contributed by atoms with E-state index in [0.29, 0.717) is 10.0 Å². The van der Waals surface area contributed by atoms with E-state index in [4.69, 9.17) is 28.3 Å². The average Bonchev–Trinajstić information content (AvgIpc) is 2.19. The second-order valence-electron chi connectivity index (χ2n) is 3.52. The minimum absolute atomic E-state index is 0.0101. The predicted molar refractivity (Wildman–Crippen MR) is 65.3 cm³/mol. The molecule has 0 aliphatic heterocycles. The third-order valence-electron chi connectivity index (χ3n) is 2.30. The van der Waals surface area contributed by atoms with Crippen molar-refractivity contribution in [2.75, 3.05) is 0 Å². The molecule has 4 heteroatoms. The van der Waals surface area contributed by atoms with E-state index in [1.165, 1.54) is 0 Å². The topological polar surface area (TPSA) is 37.3 Å². The summed E-state index contributed by atoms with van der Waals surface area (Å²) in [4.78, 5) is 10.6. The van der Waals surface area contributed by atoms with Gasteiger partial charge in [-0.3, -0.25) is 4.79 Å². The Morgan fingerprint density at radius 1 is 1.06 bits per heavy atom. The molecule has 82 valence electrons. The largest absolute Gasteiger partial charge is 0.481 e. The first-order valence-electron chi connectivity index (χ1n) is 4.66. The molecule has 0 bridgehead atoms. The lowest BCUT2D eigenvalue weighted by Crippen LogP contribution is -1.99. The summed E-state index contributed by atoms with van der Waals surface area (Å²) in [6, 6.07) is 8.94. The maximum atomic E-state index is 10.6. The van der Waals surface area contributed by atoms with E-state index in [-0.39, 0.29) is 6.42 Å². The van der Waals surface area contributed by atoms with Gasteiger partial charge in [-0.15, -0.1) is 0 Å². The summed E-state index contributed by atoms with van der Waals surface area (Å²) < 4.78 is 0. The lowest BCUT2D eigenvalue weighted by atomic mass is 10.1. The molecule has 0 saturated heterocycles. The van der Waals surface area contributed by atoms with Gasteiger partial charge >= 0.3 is 5.97 Å². The van der Waals surface area contributed by atoms with E-state index in [1.807, 2.05) is 12.1 Å². The van der Waals surface area contributed by atoms with Crippen LogP contribution in [0.4, 0.5) is 0 Å². The molecule has 0 saturated carbocycles. The van der Waals surface area contributed by atoms with Crippen molar-refractivity contribution >= 4 is 39.9 Å². The molecule has 2 aromatic rings. The third-order valence-corrected chi connectivity index (χ3v) is 3.02. The predicted octanol–water partition coefficient (Wildman–Crippen LogP) is 3.77. The molecule has 0 amide bonds. The van der Waals surface area contributed by atoms with Gasteiger partial charge in [-0.25, -0.2) is 0 Å². The average molecular weight is 255 g/mol. The van der Waals surface area contributed by atoms with Gasteiger partial charge in [0.15, 0.2) is 0 Å². The van der Waals surface area contributed by atoms with Crippen molar-refractivity contribution in [3.8, 4) is 0 Å². The fourth-order valence-electron chi connectivity index (χ4n) is 1.58. The van der Waals surface area contributed by atoms with Crippen LogP contribution in [-0.2, 0) is 11.2 Å². The molecular formula is C12H8Cl2O2. The molecule has 2 rings (SSSR count). The summed E-state index contributed by atoms with van der Waals surface area (Å²) in [7, 11) is 0. The van der Waals surface area contributed by atoms with Crippen LogP contribution in [-0.4, -0.2) is 11.1 Å². The second-order valence-corrected chi connectivity index (χ2v) is 4.33. The van der Waals surface area contributed by atoms with Crippen LogP contribution < -0.4 is 0 Å². The number of carbonyl (C=O) groups is 1. The third kappa shape index (κ3) is 2.29. The van der Waals surface area contributed by atoms with E-state index in [1.54, 1.807) is 18.2 Å². The molecule has 0 atom stereocenters. The zero-order chi connectivity index (χ0) is 11.7. The monoisotopic (exact) mass is 254 g/mol. The highest BCUT2D eigenvalue weighted by Crippen LogP contribution is 2.28. The molecule has 0 spiro atoms. The van der Waals surface area contributed by atoms with Crippen molar-refractivity contribution < 1.29 is 9.90 Å². The Balaban J connectivity index is 2.53. The highest BCUT2D eigenvalue weighted by Gasteiger charge is 2.04. The number of aliphatic carboxylic acids is 1. The Bertz CT molecular complexity index is 564. The molecule has 0 heterocycles. The van der Waals surface area contributed by atoms with Gasteiger partial charge in [0.2, 0.25) is 0 Å². The van der Waals surface area contributed by atoms with Crippen LogP contribution in [0.2, 0.25) is 10.0 Å². The van der Waals surface area contributed by atoms with Gasteiger partial charge in [-0.2, -0.15) is 0 Å². The summed E-state index contributed by atoms with van der Waals surface area (Å²) in [5, 5.41) is 11.5. The molecule has 0 aromatic heterocycles. The molecule has 0 aliphatic carbocycles. The molecule has 0 unspecified atom stereocenters. The van der Waals surface area contributed by atoms with E-state index >= 15 is 0 Å². The van der Waals surface area contributed by atoms with E-state index < -0.39 is 5.97 Å². The first-order chi connectivity index (χ1) is 7.56. The van der Waals surface area contributed by atoms with Crippen molar-refractivity contribution in [3.63, 3.8) is 0 Å². The molecule has 16 heavy (non-hydrogen) atoms. The molecular weight excluding hydrogens is 247 g/mol. The maximum Gasteiger partial charge on any atom is 0.307 e. The van der Waals surface area contributed by atoms with Gasteiger partial charge in [-0.05, 0) is 28.5 Å². The molecule has 0 radical (unpaired) electrons. The number of hydrogen-bond acceptors (Lipinski definition) is 1. The van der Waals surface area contributed by atoms with Crippen LogP contribution in [0.3, 0.4) is 0 Å². The van der Waals surface area contributed by atoms with Crippen LogP contribution >= 0.6 is 23.2 Å². The summed E-state index contributed by atoms with van der Waals surface area (Å²) >= 11 is 11.8. The normalized spacial score (nSPS) is 10.6. The van der Waals surface area contributed by atoms with Gasteiger partial charge in [0.25, 0.3) is 0 Å². The Labute approximate surface area is 102 Å². The maximum absolute atomic E-state index is 10.6. The Kier molecular flexibility index (Phi) is 3.03. The SMILES string of the molecule is O=C(O)Cc1ccc2cc(Cl)c(Cl)cc2c1. The number of benzene rings is 2. The Hall–Kier alpha value is -1.25. The lowest BCUT2D eigenvalue weighted by molar-refractivity contribution is -0.136. The van der Waals surface area contributed by atoms with E-state index in [2.05, 4.69) is 0 Å². The summed E-state index contributed by atoms with van der Waals surface area (Å²) in [6.07, 6.45) is 0.0101. The minimum Gasteiger partial charge on any atom is -0.481 e. The molecule has 2 nitrogen and oxygen atoms in total. The fourth-order valence-corrected chi connectivity index (χ4v) is 1.92. The van der Waals surface area contributed by atoms with Gasteiger partial charge < -0.3 is 5.11 Å². The van der Waals surface area contributed by atoms with Crippen molar-refractivity contribution in [1.82, 2.24) is 0 Å². The number of carboxylic acids is 1. The second kappa shape index (κ2) is 4.32. The van der Waals surface area contributed by atoms with Crippen LogP contribution in [0.1, 0.15) is 5.56 Å². The van der Waals surface area contributed by atoms with Gasteiger partial charge in [0, 0.05) is 0 Å². The Morgan fingerprint density at radius 3 is 2.31 bits per heavy atom. The summed E-state index contributed by atoms with van der Waals surface area (Å²) in [5.41, 5.74) is 0.749. The van der Waals surface area contributed by atoms with Crippen molar-refractivity contribution in [3.05, 3.63) is 45.9 Å². The van der Waals surface area contributed by atoms with Crippen molar-refractivity contribution in [2.45, 2.75) is 6.42 Å². The van der Waals surface area contributed by atoms with Crippen LogP contribution in [0.15, 0.2) is 30.3 Å². The number of fused-ring (bicyclic) bond motifs is 1. The van der Waals surface area contributed by atoms with E-state index in [0.717, 1.165) is 16.3 Å². The van der Waals surface area contributed by atoms with Crippen molar-refractivity contribution in [1.29, 1.82) is 0 Å². The quantitative estimate of drug-likeness (QED) is 0.886. The number of hydrogen-bond donors (Lipinski definition) is 1. The summed E-state index contributed by atoms with van der Waals surface area (Å²) in [6.45, 7) is 0. The van der Waals surface area contributed by atoms with Gasteiger partial charge in [-0.1, -0.05) is 41.4 Å². The molecule has 0 fully saturated rings. The van der Waals surface area contributed by atoms with Crippen LogP contribution in [0, 0.1) is 0 Å². The van der Waals surface area contributed by atoms with Crippen molar-refractivity contribution in [2.24, 2.45) is 0 Å². The highest BCUT2D eigenvalue weighted by atomic mass is 35.5. The standard InChI is InChI=1S/C12H8Cl2O2/c13-10-5-8-2-1-7(4-12(15)16)3-9(8)6-11(10)14/h1-3,5-6H,4H2,(H,15,16). The van der Waals surface area contributed by atoms with Gasteiger partial charge in [0.05, 0.1) is 16.5 Å². The van der Waals surface area contributed by atoms with Crippen LogP contribution in [0.5, 0.6) is 0 Å². The first-order valence-corrected chi connectivity index (χ1v) is 5.41. The fraction of sp³-hybridized carbons (Fsp3) is 0.0833. The number of halogens is 2. The first kappa shape index (κ1) is 11.2.